The van der Waals surface area contributed by atoms with Gasteiger partial charge >= 0.3 is 0 Å². The molecule has 1 heterocycles. The summed E-state index contributed by atoms with van der Waals surface area (Å²) in [5.41, 5.74) is 0. The van der Waals surface area contributed by atoms with Crippen molar-refractivity contribution in [1.82, 2.24) is 15.5 Å². The van der Waals surface area contributed by atoms with Crippen molar-refractivity contribution in [2.45, 2.75) is 84.2 Å². The van der Waals surface area contributed by atoms with E-state index in [1.807, 2.05) is 0 Å². The first kappa shape index (κ1) is 27.4. The molecule has 0 aliphatic carbocycles. The number of rotatable bonds is 20. The van der Waals surface area contributed by atoms with Crippen LogP contribution in [0.4, 0.5) is 0 Å². The Morgan fingerprint density at radius 1 is 0.839 bits per heavy atom. The third-order valence-corrected chi connectivity index (χ3v) is 5.16. The van der Waals surface area contributed by atoms with Gasteiger partial charge in [0, 0.05) is 45.6 Å². The van der Waals surface area contributed by atoms with E-state index in [9.17, 15) is 9.59 Å². The van der Waals surface area contributed by atoms with Crippen LogP contribution in [0.1, 0.15) is 78.1 Å². The Labute approximate surface area is 189 Å². The molecule has 1 aliphatic rings. The number of hydrogen-bond donors (Lipinski definition) is 2. The molecule has 31 heavy (non-hydrogen) atoms. The minimum atomic E-state index is 0.118. The number of epoxide rings is 1. The fourth-order valence-electron chi connectivity index (χ4n) is 3.21. The van der Waals surface area contributed by atoms with Gasteiger partial charge in [0.2, 0.25) is 11.8 Å². The number of ether oxygens (including phenoxy) is 1. The molecule has 0 spiro atoms. The molecular formula is C25H45N3O3. The third-order valence-electron chi connectivity index (χ3n) is 5.16. The molecule has 6 heteroatoms. The maximum atomic E-state index is 12.0. The lowest BCUT2D eigenvalue weighted by molar-refractivity contribution is -0.121. The molecule has 1 atom stereocenters. The Morgan fingerprint density at radius 3 is 1.71 bits per heavy atom. The molecule has 0 aromatic carbocycles. The first-order valence-corrected chi connectivity index (χ1v) is 12.3. The topological polar surface area (TPSA) is 74.0 Å². The van der Waals surface area contributed by atoms with E-state index in [2.05, 4.69) is 53.7 Å². The molecule has 0 aromatic rings. The Bertz CT molecular complexity index is 490. The molecule has 1 saturated heterocycles. The molecule has 178 valence electrons. The van der Waals surface area contributed by atoms with Gasteiger partial charge in [-0.2, -0.15) is 0 Å². The molecule has 1 rings (SSSR count). The number of carbonyl (C=O) groups excluding carboxylic acids is 2. The smallest absolute Gasteiger partial charge is 0.220 e. The van der Waals surface area contributed by atoms with Crippen LogP contribution in [0.25, 0.3) is 0 Å². The summed E-state index contributed by atoms with van der Waals surface area (Å²) in [7, 11) is 0. The molecule has 1 unspecified atom stereocenters. The zero-order valence-corrected chi connectivity index (χ0v) is 19.9. The van der Waals surface area contributed by atoms with Gasteiger partial charge < -0.3 is 15.4 Å². The van der Waals surface area contributed by atoms with Crippen LogP contribution in [0.3, 0.4) is 0 Å². The summed E-state index contributed by atoms with van der Waals surface area (Å²) in [6.45, 7) is 8.82. The summed E-state index contributed by atoms with van der Waals surface area (Å²) < 4.78 is 5.35. The molecule has 6 nitrogen and oxygen atoms in total. The highest BCUT2D eigenvalue weighted by molar-refractivity contribution is 5.76. The summed E-state index contributed by atoms with van der Waals surface area (Å²) in [4.78, 5) is 26.3. The van der Waals surface area contributed by atoms with Gasteiger partial charge in [-0.3, -0.25) is 14.5 Å². The fraction of sp³-hybridized carbons (Fsp3) is 0.760. The van der Waals surface area contributed by atoms with Crippen molar-refractivity contribution in [2.75, 3.05) is 39.3 Å². The van der Waals surface area contributed by atoms with Crippen molar-refractivity contribution in [3.63, 3.8) is 0 Å². The van der Waals surface area contributed by atoms with Crippen LogP contribution in [0, 0.1) is 0 Å². The minimum Gasteiger partial charge on any atom is -0.372 e. The van der Waals surface area contributed by atoms with Gasteiger partial charge in [-0.15, -0.1) is 0 Å². The van der Waals surface area contributed by atoms with Crippen LogP contribution in [0.2, 0.25) is 0 Å². The zero-order valence-electron chi connectivity index (χ0n) is 19.9. The lowest BCUT2D eigenvalue weighted by Gasteiger charge is -2.21. The summed E-state index contributed by atoms with van der Waals surface area (Å²) >= 11 is 0. The van der Waals surface area contributed by atoms with Crippen LogP contribution in [-0.4, -0.2) is 62.1 Å². The van der Waals surface area contributed by atoms with Gasteiger partial charge in [0.25, 0.3) is 0 Å². The van der Waals surface area contributed by atoms with Crippen molar-refractivity contribution in [3.05, 3.63) is 24.3 Å². The van der Waals surface area contributed by atoms with Crippen molar-refractivity contribution < 1.29 is 14.3 Å². The maximum absolute atomic E-state index is 12.0. The van der Waals surface area contributed by atoms with Crippen molar-refractivity contribution in [1.29, 1.82) is 0 Å². The van der Waals surface area contributed by atoms with Crippen LogP contribution in [0.5, 0.6) is 0 Å². The lowest BCUT2D eigenvalue weighted by atomic mass is 10.2. The van der Waals surface area contributed by atoms with E-state index >= 15 is 0 Å². The van der Waals surface area contributed by atoms with Gasteiger partial charge in [-0.05, 0) is 38.5 Å². The molecule has 0 bridgehead atoms. The van der Waals surface area contributed by atoms with Gasteiger partial charge in [-0.1, -0.05) is 51.0 Å². The monoisotopic (exact) mass is 435 g/mol. The first-order valence-electron chi connectivity index (χ1n) is 12.3. The number of unbranched alkanes of at least 4 members (excludes halogenated alkanes) is 4. The van der Waals surface area contributed by atoms with Crippen molar-refractivity contribution in [2.24, 2.45) is 0 Å². The van der Waals surface area contributed by atoms with E-state index < -0.39 is 0 Å². The standard InChI is InChI=1S/C25H45N3O3/c1-3-5-7-9-11-13-15-24(29)26-17-19-28(21-23-22-31-23)20-18-27-25(30)16-14-12-10-8-6-4-2/h7-10,23H,3-6,11-22H2,1-2H3,(H,26,29)(H,27,30)/b9-7+,10-8+. The van der Waals surface area contributed by atoms with E-state index in [1.165, 1.54) is 12.8 Å². The highest BCUT2D eigenvalue weighted by atomic mass is 16.6. The minimum absolute atomic E-state index is 0.118. The molecule has 2 amide bonds. The Hall–Kier alpha value is -1.66. The number of carbonyl (C=O) groups is 2. The summed E-state index contributed by atoms with van der Waals surface area (Å²) in [6, 6.07) is 0. The summed E-state index contributed by atoms with van der Waals surface area (Å²) in [5.74, 6) is 0.237. The molecule has 0 aromatic heterocycles. The first-order chi connectivity index (χ1) is 15.2. The Morgan fingerprint density at radius 2 is 1.29 bits per heavy atom. The van der Waals surface area contributed by atoms with Gasteiger partial charge in [0.15, 0.2) is 0 Å². The molecule has 1 aliphatic heterocycles. The normalized spacial score (nSPS) is 15.8. The second kappa shape index (κ2) is 19.1. The number of nitrogens with one attached hydrogen (secondary N) is 2. The summed E-state index contributed by atoms with van der Waals surface area (Å²) in [5, 5.41) is 6.04. The average molecular weight is 436 g/mol. The second-order valence-electron chi connectivity index (χ2n) is 8.26. The molecule has 2 N–H and O–H groups in total. The third kappa shape index (κ3) is 17.7. The maximum Gasteiger partial charge on any atom is 0.220 e. The van der Waals surface area contributed by atoms with Crippen LogP contribution >= 0.6 is 0 Å². The molecule has 0 radical (unpaired) electrons. The van der Waals surface area contributed by atoms with Gasteiger partial charge in [0.1, 0.15) is 0 Å². The van der Waals surface area contributed by atoms with E-state index in [-0.39, 0.29) is 11.8 Å². The molecule has 0 saturated carbocycles. The average Bonchev–Trinajstić information content (AvgIpc) is 3.57. The quantitative estimate of drug-likeness (QED) is 0.172. The number of nitrogens with zero attached hydrogens (tertiary/aromatic N) is 1. The number of amides is 2. The van der Waals surface area contributed by atoms with Crippen LogP contribution < -0.4 is 10.6 Å². The Balaban J connectivity index is 2.11. The largest absolute Gasteiger partial charge is 0.372 e. The van der Waals surface area contributed by atoms with E-state index in [0.29, 0.717) is 32.0 Å². The van der Waals surface area contributed by atoms with Crippen molar-refractivity contribution in [3.8, 4) is 0 Å². The fourth-order valence-corrected chi connectivity index (χ4v) is 3.21. The zero-order chi connectivity index (χ0) is 22.6. The highest BCUT2D eigenvalue weighted by Crippen LogP contribution is 2.10. The predicted molar refractivity (Wildman–Crippen MR) is 128 cm³/mol. The molecular weight excluding hydrogens is 390 g/mol. The van der Waals surface area contributed by atoms with E-state index in [4.69, 9.17) is 4.74 Å². The second-order valence-corrected chi connectivity index (χ2v) is 8.26. The van der Waals surface area contributed by atoms with Crippen molar-refractivity contribution >= 4 is 11.8 Å². The highest BCUT2D eigenvalue weighted by Gasteiger charge is 2.25. The SMILES string of the molecule is CCC/C=C/CCCC(=O)NCCN(CCNC(=O)CCC/C=C/CCC)CC1CO1. The van der Waals surface area contributed by atoms with E-state index in [0.717, 1.165) is 64.8 Å². The molecule has 1 fully saturated rings. The number of allylic oxidation sites excluding steroid dienone is 4. The lowest BCUT2D eigenvalue weighted by Crippen LogP contribution is -2.41. The Kier molecular flexibility index (Phi) is 16.8. The van der Waals surface area contributed by atoms with E-state index in [1.54, 1.807) is 0 Å². The van der Waals surface area contributed by atoms with Gasteiger partial charge in [-0.25, -0.2) is 0 Å². The summed E-state index contributed by atoms with van der Waals surface area (Å²) in [6.07, 6.45) is 18.5. The van der Waals surface area contributed by atoms with Gasteiger partial charge in [0.05, 0.1) is 12.7 Å². The van der Waals surface area contributed by atoms with Crippen LogP contribution in [-0.2, 0) is 14.3 Å². The van der Waals surface area contributed by atoms with Crippen LogP contribution in [0.15, 0.2) is 24.3 Å². The predicted octanol–water partition coefficient (Wildman–Crippen LogP) is 3.97. The number of hydrogen-bond acceptors (Lipinski definition) is 4.